The van der Waals surface area contributed by atoms with E-state index < -0.39 is 0 Å². The monoisotopic (exact) mass is 253 g/mol. The molecule has 0 aliphatic heterocycles. The minimum absolute atomic E-state index is 0.183. The van der Waals surface area contributed by atoms with Crippen LogP contribution in [-0.2, 0) is 4.74 Å². The van der Waals surface area contributed by atoms with Crippen LogP contribution in [0.2, 0.25) is 5.15 Å². The lowest BCUT2D eigenvalue weighted by atomic mass is 10.2. The third-order valence-electron chi connectivity index (χ3n) is 2.48. The van der Waals surface area contributed by atoms with E-state index in [1.54, 1.807) is 19.2 Å². The van der Waals surface area contributed by atoms with Crippen molar-refractivity contribution in [3.63, 3.8) is 0 Å². The van der Waals surface area contributed by atoms with Crippen molar-refractivity contribution in [2.45, 2.75) is 19.9 Å². The van der Waals surface area contributed by atoms with E-state index in [-0.39, 0.29) is 6.04 Å². The Morgan fingerprint density at radius 3 is 2.82 bits per heavy atom. The van der Waals surface area contributed by atoms with Crippen LogP contribution in [0.25, 0.3) is 0 Å². The van der Waals surface area contributed by atoms with Crippen LogP contribution in [0.15, 0.2) is 12.1 Å². The van der Waals surface area contributed by atoms with Crippen LogP contribution >= 0.6 is 11.6 Å². The average molecular weight is 254 g/mol. The molecule has 5 heteroatoms. The van der Waals surface area contributed by atoms with Gasteiger partial charge in [-0.25, -0.2) is 4.98 Å². The summed E-state index contributed by atoms with van der Waals surface area (Å²) in [5.41, 5.74) is 0.517. The third kappa shape index (κ3) is 3.58. The molecule has 4 nitrogen and oxygen atoms in total. The lowest BCUT2D eigenvalue weighted by molar-refractivity contribution is 0.181. The molecule has 1 aromatic heterocycles. The summed E-state index contributed by atoms with van der Waals surface area (Å²) in [7, 11) is 1.66. The smallest absolute Gasteiger partial charge is 0.132 e. The highest BCUT2D eigenvalue weighted by Crippen LogP contribution is 2.19. The summed E-state index contributed by atoms with van der Waals surface area (Å²) in [6, 6.07) is 5.55. The van der Waals surface area contributed by atoms with E-state index in [0.717, 1.165) is 6.54 Å². The van der Waals surface area contributed by atoms with Gasteiger partial charge in [-0.1, -0.05) is 11.6 Å². The molecule has 0 radical (unpaired) electrons. The summed E-state index contributed by atoms with van der Waals surface area (Å²) in [5.74, 6) is 0.709. The fourth-order valence-corrected chi connectivity index (χ4v) is 1.93. The number of methoxy groups -OCH3 is 1. The minimum atomic E-state index is 0.183. The number of likely N-dealkylation sites (N-methyl/N-ethyl adjacent to an activating group) is 1. The van der Waals surface area contributed by atoms with Crippen LogP contribution in [0.3, 0.4) is 0 Å². The molecule has 0 saturated heterocycles. The van der Waals surface area contributed by atoms with Gasteiger partial charge >= 0.3 is 0 Å². The van der Waals surface area contributed by atoms with Crippen LogP contribution in [0.1, 0.15) is 19.4 Å². The first-order valence-electron chi connectivity index (χ1n) is 5.45. The Morgan fingerprint density at radius 1 is 1.59 bits per heavy atom. The predicted molar refractivity (Wildman–Crippen MR) is 68.3 cm³/mol. The van der Waals surface area contributed by atoms with Gasteiger partial charge in [-0.15, -0.1) is 0 Å². The van der Waals surface area contributed by atoms with Crippen molar-refractivity contribution in [2.75, 3.05) is 25.2 Å². The molecule has 0 spiro atoms. The molecule has 1 unspecified atom stereocenters. The minimum Gasteiger partial charge on any atom is -0.383 e. The molecule has 1 aromatic rings. The molecule has 17 heavy (non-hydrogen) atoms. The molecule has 0 amide bonds. The Morgan fingerprint density at radius 2 is 2.29 bits per heavy atom. The Labute approximate surface area is 107 Å². The Kier molecular flexibility index (Phi) is 5.20. The van der Waals surface area contributed by atoms with Crippen molar-refractivity contribution in [1.82, 2.24) is 4.98 Å². The van der Waals surface area contributed by atoms with Crippen LogP contribution in [0.5, 0.6) is 0 Å². The number of nitriles is 1. The van der Waals surface area contributed by atoms with Gasteiger partial charge < -0.3 is 9.64 Å². The van der Waals surface area contributed by atoms with Crippen LogP contribution < -0.4 is 4.90 Å². The number of halogens is 1. The first-order chi connectivity index (χ1) is 8.12. The van der Waals surface area contributed by atoms with E-state index in [4.69, 9.17) is 21.6 Å². The number of anilines is 1. The van der Waals surface area contributed by atoms with Crippen molar-refractivity contribution in [1.29, 1.82) is 5.26 Å². The van der Waals surface area contributed by atoms with E-state index in [0.29, 0.717) is 23.1 Å². The molecule has 0 aliphatic rings. The molecule has 0 aromatic carbocycles. The molecule has 0 bridgehead atoms. The lowest BCUT2D eigenvalue weighted by Gasteiger charge is -2.28. The van der Waals surface area contributed by atoms with Crippen molar-refractivity contribution in [3.05, 3.63) is 22.8 Å². The summed E-state index contributed by atoms with van der Waals surface area (Å²) in [6.07, 6.45) is 0. The number of aromatic nitrogens is 1. The highest BCUT2D eigenvalue weighted by Gasteiger charge is 2.15. The second-order valence-corrected chi connectivity index (χ2v) is 4.13. The Hall–Kier alpha value is -1.31. The fourth-order valence-electron chi connectivity index (χ4n) is 1.73. The lowest BCUT2D eigenvalue weighted by Crippen LogP contribution is -2.36. The fraction of sp³-hybridized carbons (Fsp3) is 0.500. The molecule has 0 fully saturated rings. The molecule has 0 aliphatic carbocycles. The first-order valence-corrected chi connectivity index (χ1v) is 5.83. The van der Waals surface area contributed by atoms with Crippen molar-refractivity contribution in [2.24, 2.45) is 0 Å². The van der Waals surface area contributed by atoms with Gasteiger partial charge in [0.2, 0.25) is 0 Å². The average Bonchev–Trinajstić information content (AvgIpc) is 2.29. The number of nitrogens with zero attached hydrogens (tertiary/aromatic N) is 3. The van der Waals surface area contributed by atoms with Crippen LogP contribution in [0, 0.1) is 11.3 Å². The standard InChI is InChI=1S/C12H16ClN3O/c1-4-16(9(2)8-17-3)12-6-10(7-14)5-11(13)15-12/h5-6,9H,4,8H2,1-3H3. The third-order valence-corrected chi connectivity index (χ3v) is 2.68. The SMILES string of the molecule is CCN(c1cc(C#N)cc(Cl)n1)C(C)COC. The van der Waals surface area contributed by atoms with Gasteiger partial charge in [-0.3, -0.25) is 0 Å². The van der Waals surface area contributed by atoms with Crippen LogP contribution in [-0.4, -0.2) is 31.3 Å². The number of ether oxygens (including phenoxy) is 1. The van der Waals surface area contributed by atoms with Crippen molar-refractivity contribution >= 4 is 17.4 Å². The van der Waals surface area contributed by atoms with Gasteiger partial charge in [0.05, 0.1) is 24.3 Å². The maximum absolute atomic E-state index is 8.90. The van der Waals surface area contributed by atoms with Crippen molar-refractivity contribution in [3.8, 4) is 6.07 Å². The molecule has 0 N–H and O–H groups in total. The van der Waals surface area contributed by atoms with Gasteiger partial charge in [0.15, 0.2) is 0 Å². The topological polar surface area (TPSA) is 49.2 Å². The van der Waals surface area contributed by atoms with E-state index in [1.165, 1.54) is 0 Å². The number of pyridine rings is 1. The molecule has 1 rings (SSSR count). The molecule has 1 atom stereocenters. The molecular formula is C12H16ClN3O. The number of hydrogen-bond donors (Lipinski definition) is 0. The van der Waals surface area contributed by atoms with Crippen LogP contribution in [0.4, 0.5) is 5.82 Å². The van der Waals surface area contributed by atoms with Crippen molar-refractivity contribution < 1.29 is 4.74 Å². The van der Waals surface area contributed by atoms with Gasteiger partial charge in [0.1, 0.15) is 11.0 Å². The Bertz CT molecular complexity index is 417. The largest absolute Gasteiger partial charge is 0.383 e. The molecule has 0 saturated carbocycles. The zero-order valence-corrected chi connectivity index (χ0v) is 11.0. The van der Waals surface area contributed by atoms with Gasteiger partial charge in [-0.05, 0) is 26.0 Å². The van der Waals surface area contributed by atoms with E-state index >= 15 is 0 Å². The van der Waals surface area contributed by atoms with Gasteiger partial charge in [0, 0.05) is 13.7 Å². The quantitative estimate of drug-likeness (QED) is 0.757. The second kappa shape index (κ2) is 6.43. The predicted octanol–water partition coefficient (Wildman–Crippen LogP) is 2.47. The normalized spacial score (nSPS) is 11.9. The van der Waals surface area contributed by atoms with Gasteiger partial charge in [-0.2, -0.15) is 5.26 Å². The summed E-state index contributed by atoms with van der Waals surface area (Å²) in [4.78, 5) is 6.29. The summed E-state index contributed by atoms with van der Waals surface area (Å²) < 4.78 is 5.13. The van der Waals surface area contributed by atoms with E-state index in [1.807, 2.05) is 13.8 Å². The highest BCUT2D eigenvalue weighted by molar-refractivity contribution is 6.29. The zero-order chi connectivity index (χ0) is 12.8. The van der Waals surface area contributed by atoms with E-state index in [9.17, 15) is 0 Å². The maximum atomic E-state index is 8.90. The number of rotatable bonds is 5. The summed E-state index contributed by atoms with van der Waals surface area (Å²) in [6.45, 7) is 5.45. The Balaban J connectivity index is 3.03. The summed E-state index contributed by atoms with van der Waals surface area (Å²) in [5, 5.41) is 9.24. The second-order valence-electron chi connectivity index (χ2n) is 3.74. The zero-order valence-electron chi connectivity index (χ0n) is 10.3. The highest BCUT2D eigenvalue weighted by atomic mass is 35.5. The number of hydrogen-bond acceptors (Lipinski definition) is 4. The van der Waals surface area contributed by atoms with Gasteiger partial charge in [0.25, 0.3) is 0 Å². The molecule has 1 heterocycles. The molecule has 92 valence electrons. The first kappa shape index (κ1) is 13.8. The van der Waals surface area contributed by atoms with E-state index in [2.05, 4.69) is 16.0 Å². The molecular weight excluding hydrogens is 238 g/mol. The maximum Gasteiger partial charge on any atom is 0.132 e. The summed E-state index contributed by atoms with van der Waals surface area (Å²) >= 11 is 5.89.